The van der Waals surface area contributed by atoms with Crippen LogP contribution in [0.1, 0.15) is 15.9 Å². The van der Waals surface area contributed by atoms with Crippen LogP contribution in [-0.4, -0.2) is 18.2 Å². The first kappa shape index (κ1) is 15.0. The van der Waals surface area contributed by atoms with Crippen molar-refractivity contribution < 1.29 is 31.6 Å². The van der Waals surface area contributed by atoms with Crippen LogP contribution in [0.2, 0.25) is 0 Å². The monoisotopic (exact) mass is 279 g/mol. The molecule has 0 atom stereocenters. The summed E-state index contributed by atoms with van der Waals surface area (Å²) in [6.45, 7) is 0.575. The van der Waals surface area contributed by atoms with E-state index in [1.807, 2.05) is 35.0 Å². The lowest BCUT2D eigenvalue weighted by Crippen LogP contribution is -3.00. The molecule has 0 spiro atoms. The summed E-state index contributed by atoms with van der Waals surface area (Å²) >= 11 is 0. The van der Waals surface area contributed by atoms with Gasteiger partial charge >= 0.3 is 5.97 Å². The van der Waals surface area contributed by atoms with Crippen LogP contribution in [0.5, 0.6) is 5.75 Å². The average Bonchev–Trinajstić information content (AvgIpc) is 2.39. The first-order valence-corrected chi connectivity index (χ1v) is 5.55. The van der Waals surface area contributed by atoms with Gasteiger partial charge in [-0.25, -0.2) is 4.79 Å². The summed E-state index contributed by atoms with van der Waals surface area (Å²) in [5, 5.41) is 8.94. The van der Waals surface area contributed by atoms with Crippen molar-refractivity contribution in [2.24, 2.45) is 0 Å². The normalized spacial score (nSPS) is 9.53. The number of ether oxygens (including phenoxy) is 1. The number of carboxylic acid groups (broad SMARTS) is 1. The number of aromatic nitrogens is 1. The number of rotatable bonds is 4. The molecule has 0 aliphatic rings. The van der Waals surface area contributed by atoms with Gasteiger partial charge in [-0.15, -0.1) is 0 Å². The topological polar surface area (TPSA) is 50.4 Å². The smallest absolute Gasteiger partial charge is 0.341 e. The third-order valence-corrected chi connectivity index (χ3v) is 2.65. The Morgan fingerprint density at radius 2 is 2.00 bits per heavy atom. The molecule has 0 bridgehead atoms. The summed E-state index contributed by atoms with van der Waals surface area (Å²) in [4.78, 5) is 10.9. The van der Waals surface area contributed by atoms with Gasteiger partial charge in [-0.2, -0.15) is 4.57 Å². The lowest BCUT2D eigenvalue weighted by molar-refractivity contribution is -0.688. The standard InChI is InChI=1S/C14H13NO3.ClH/c1-18-13-7-3-2-5-11(13)9-15-8-4-6-12(10-15)14(16)17;/h2-8,10H,9H2,1H3;1H. The molecule has 0 unspecified atom stereocenters. The highest BCUT2D eigenvalue weighted by atomic mass is 35.5. The predicted octanol–water partition coefficient (Wildman–Crippen LogP) is -1.27. The van der Waals surface area contributed by atoms with Crippen LogP contribution in [0.25, 0.3) is 0 Å². The molecular weight excluding hydrogens is 266 g/mol. The summed E-state index contributed by atoms with van der Waals surface area (Å²) in [6.07, 6.45) is 3.44. The zero-order valence-corrected chi connectivity index (χ0v) is 11.2. The summed E-state index contributed by atoms with van der Waals surface area (Å²) < 4.78 is 7.09. The lowest BCUT2D eigenvalue weighted by Gasteiger charge is -2.05. The Morgan fingerprint density at radius 1 is 1.26 bits per heavy atom. The van der Waals surface area contributed by atoms with Gasteiger partial charge in [-0.05, 0) is 18.2 Å². The molecule has 0 aliphatic carbocycles. The third-order valence-electron chi connectivity index (χ3n) is 2.65. The van der Waals surface area contributed by atoms with Gasteiger partial charge in [0.2, 0.25) is 0 Å². The van der Waals surface area contributed by atoms with Gasteiger partial charge in [-0.1, -0.05) is 12.1 Å². The number of nitrogens with zero attached hydrogens (tertiary/aromatic N) is 1. The number of halogens is 1. The molecule has 0 saturated heterocycles. The van der Waals surface area contributed by atoms with E-state index in [2.05, 4.69) is 0 Å². The molecule has 0 aliphatic heterocycles. The zero-order chi connectivity index (χ0) is 13.0. The molecule has 5 heteroatoms. The van der Waals surface area contributed by atoms with Gasteiger partial charge in [-0.3, -0.25) is 0 Å². The van der Waals surface area contributed by atoms with Crippen molar-refractivity contribution >= 4 is 5.97 Å². The summed E-state index contributed by atoms with van der Waals surface area (Å²) in [6, 6.07) is 11.0. The molecule has 0 amide bonds. The fraction of sp³-hybridized carbons (Fsp3) is 0.143. The van der Waals surface area contributed by atoms with Crippen LogP contribution in [0.15, 0.2) is 48.8 Å². The summed E-state index contributed by atoms with van der Waals surface area (Å²) in [5.74, 6) is -0.130. The highest BCUT2D eigenvalue weighted by Gasteiger charge is 2.11. The number of carboxylic acids is 1. The van der Waals surface area contributed by atoms with Crippen LogP contribution in [-0.2, 0) is 6.54 Å². The minimum Gasteiger partial charge on any atom is -1.00 e. The lowest BCUT2D eigenvalue weighted by atomic mass is 10.2. The van der Waals surface area contributed by atoms with E-state index in [0.717, 1.165) is 11.3 Å². The third kappa shape index (κ3) is 3.69. The molecular formula is C14H14ClNO3. The fourth-order valence-electron chi connectivity index (χ4n) is 1.78. The van der Waals surface area contributed by atoms with Crippen LogP contribution >= 0.6 is 0 Å². The van der Waals surface area contributed by atoms with Crippen molar-refractivity contribution in [1.29, 1.82) is 0 Å². The molecule has 0 fully saturated rings. The van der Waals surface area contributed by atoms with E-state index in [1.165, 1.54) is 0 Å². The first-order chi connectivity index (χ1) is 8.70. The van der Waals surface area contributed by atoms with Crippen LogP contribution in [0.3, 0.4) is 0 Å². The predicted molar refractivity (Wildman–Crippen MR) is 65.7 cm³/mol. The molecule has 1 heterocycles. The molecule has 2 rings (SSSR count). The second-order valence-electron chi connectivity index (χ2n) is 3.88. The summed E-state index contributed by atoms with van der Waals surface area (Å²) in [5.41, 5.74) is 1.28. The highest BCUT2D eigenvalue weighted by molar-refractivity contribution is 5.86. The molecule has 1 aromatic carbocycles. The molecule has 4 nitrogen and oxygen atoms in total. The molecule has 100 valence electrons. The van der Waals surface area contributed by atoms with E-state index >= 15 is 0 Å². The van der Waals surface area contributed by atoms with E-state index in [1.54, 1.807) is 25.4 Å². The Bertz CT molecular complexity index is 572. The maximum atomic E-state index is 10.9. The van der Waals surface area contributed by atoms with Crippen molar-refractivity contribution in [1.82, 2.24) is 0 Å². The van der Waals surface area contributed by atoms with Gasteiger partial charge < -0.3 is 22.3 Å². The number of aromatic carboxylic acids is 1. The van der Waals surface area contributed by atoms with Gasteiger partial charge in [0, 0.05) is 6.07 Å². The van der Waals surface area contributed by atoms with Crippen molar-refractivity contribution in [3.05, 3.63) is 59.9 Å². The number of hydrogen-bond donors (Lipinski definition) is 1. The first-order valence-electron chi connectivity index (χ1n) is 5.55. The Labute approximate surface area is 117 Å². The molecule has 0 radical (unpaired) electrons. The van der Waals surface area contributed by atoms with E-state index in [4.69, 9.17) is 9.84 Å². The Hall–Kier alpha value is -2.07. The average molecular weight is 280 g/mol. The molecule has 19 heavy (non-hydrogen) atoms. The van der Waals surface area contributed by atoms with Crippen molar-refractivity contribution in [2.75, 3.05) is 7.11 Å². The van der Waals surface area contributed by atoms with Crippen LogP contribution in [0.4, 0.5) is 0 Å². The van der Waals surface area contributed by atoms with E-state index in [9.17, 15) is 4.79 Å². The van der Waals surface area contributed by atoms with E-state index in [-0.39, 0.29) is 18.0 Å². The quantitative estimate of drug-likeness (QED) is 0.711. The highest BCUT2D eigenvalue weighted by Crippen LogP contribution is 2.16. The van der Waals surface area contributed by atoms with Crippen molar-refractivity contribution in [3.63, 3.8) is 0 Å². The fourth-order valence-corrected chi connectivity index (χ4v) is 1.78. The van der Waals surface area contributed by atoms with Gasteiger partial charge in [0.25, 0.3) is 0 Å². The zero-order valence-electron chi connectivity index (χ0n) is 10.4. The van der Waals surface area contributed by atoms with E-state index < -0.39 is 5.97 Å². The minimum atomic E-state index is -0.927. The second-order valence-corrected chi connectivity index (χ2v) is 3.88. The van der Waals surface area contributed by atoms with Crippen molar-refractivity contribution in [3.8, 4) is 5.75 Å². The van der Waals surface area contributed by atoms with Gasteiger partial charge in [0.05, 0.1) is 12.7 Å². The Balaban J connectivity index is 0.00000180. The minimum absolute atomic E-state index is 0. The number of carbonyl (C=O) groups is 1. The Kier molecular flexibility index (Phi) is 5.33. The van der Waals surface area contributed by atoms with Crippen LogP contribution in [0, 0.1) is 0 Å². The maximum absolute atomic E-state index is 10.9. The number of benzene rings is 1. The number of methoxy groups -OCH3 is 1. The van der Waals surface area contributed by atoms with Crippen molar-refractivity contribution in [2.45, 2.75) is 6.54 Å². The number of hydrogen-bond acceptors (Lipinski definition) is 2. The SMILES string of the molecule is COc1ccccc1C[n+]1cccc(C(=O)O)c1.[Cl-]. The summed E-state index contributed by atoms with van der Waals surface area (Å²) in [7, 11) is 1.62. The van der Waals surface area contributed by atoms with Gasteiger partial charge in [0.1, 0.15) is 11.3 Å². The van der Waals surface area contributed by atoms with Crippen LogP contribution < -0.4 is 21.7 Å². The maximum Gasteiger partial charge on any atom is 0.341 e. The Morgan fingerprint density at radius 3 is 2.68 bits per heavy atom. The van der Waals surface area contributed by atoms with Gasteiger partial charge in [0.15, 0.2) is 18.9 Å². The molecule has 0 saturated carbocycles. The second kappa shape index (κ2) is 6.75. The molecule has 1 aromatic heterocycles. The number of para-hydroxylation sites is 1. The van der Waals surface area contributed by atoms with E-state index in [0.29, 0.717) is 6.54 Å². The molecule has 2 aromatic rings. The number of pyridine rings is 1. The molecule has 1 N–H and O–H groups in total. The largest absolute Gasteiger partial charge is 1.00 e.